The van der Waals surface area contributed by atoms with Crippen molar-refractivity contribution in [1.82, 2.24) is 4.90 Å². The average molecular weight is 403 g/mol. The molecule has 1 aromatic rings. The number of hydrogen-bond donors (Lipinski definition) is 1. The molecule has 1 heterocycles. The molecule has 1 aliphatic rings. The summed E-state index contributed by atoms with van der Waals surface area (Å²) in [7, 11) is -5.43. The van der Waals surface area contributed by atoms with Crippen LogP contribution in [0.3, 0.4) is 0 Å². The van der Waals surface area contributed by atoms with E-state index in [0.717, 1.165) is 31.5 Å². The molecule has 5 nitrogen and oxygen atoms in total. The lowest BCUT2D eigenvalue weighted by molar-refractivity contribution is -0.0429. The molecule has 0 aromatic heterocycles. The van der Waals surface area contributed by atoms with Crippen LogP contribution >= 0.6 is 0 Å². The maximum Gasteiger partial charge on any atom is 0.516 e. The van der Waals surface area contributed by atoms with Crippen LogP contribution in [-0.4, -0.2) is 31.9 Å². The van der Waals surface area contributed by atoms with Gasteiger partial charge in [0, 0.05) is 18.7 Å². The van der Waals surface area contributed by atoms with Crippen molar-refractivity contribution in [3.05, 3.63) is 29.8 Å². The first-order valence-corrected chi connectivity index (χ1v) is 10.2. The predicted octanol–water partition coefficient (Wildman–Crippen LogP) is 4.10. The van der Waals surface area contributed by atoms with Gasteiger partial charge in [0.15, 0.2) is 0 Å². The summed E-state index contributed by atoms with van der Waals surface area (Å²) in [5, 5.41) is 9.11. The van der Waals surface area contributed by atoms with Gasteiger partial charge < -0.3 is 0 Å². The highest BCUT2D eigenvalue weighted by Gasteiger charge is 2.46. The Kier molecular flexibility index (Phi) is 6.43. The second-order valence-electron chi connectivity index (χ2n) is 7.38. The molecule has 1 fully saturated rings. The second-order valence-corrected chi connectivity index (χ2v) is 9.05. The lowest BCUT2D eigenvalue weighted by Gasteiger charge is -2.43. The molecule has 0 unspecified atom stereocenters. The molecule has 0 saturated carbocycles. The van der Waals surface area contributed by atoms with Crippen molar-refractivity contribution in [1.29, 1.82) is 5.26 Å². The third-order valence-electron chi connectivity index (χ3n) is 5.40. The molecule has 0 radical (unpaired) electrons. The number of anilines is 1. The number of alkyl halides is 3. The van der Waals surface area contributed by atoms with E-state index in [-0.39, 0.29) is 11.1 Å². The highest BCUT2D eigenvalue weighted by atomic mass is 32.2. The first-order chi connectivity index (χ1) is 12.5. The summed E-state index contributed by atoms with van der Waals surface area (Å²) in [6.45, 7) is 6.35. The number of sulfonamides is 1. The number of nitrogens with zero attached hydrogens (tertiary/aromatic N) is 2. The van der Waals surface area contributed by atoms with Gasteiger partial charge in [0.1, 0.15) is 0 Å². The fourth-order valence-corrected chi connectivity index (χ4v) is 4.03. The number of hydrogen-bond acceptors (Lipinski definition) is 4. The predicted molar refractivity (Wildman–Crippen MR) is 97.1 cm³/mol. The van der Waals surface area contributed by atoms with Crippen molar-refractivity contribution in [2.75, 3.05) is 17.8 Å². The van der Waals surface area contributed by atoms with E-state index in [2.05, 4.69) is 24.8 Å². The molecule has 0 amide bonds. The number of benzene rings is 1. The lowest BCUT2D eigenvalue weighted by Crippen LogP contribution is -2.42. The van der Waals surface area contributed by atoms with Crippen molar-refractivity contribution >= 4 is 15.7 Å². The van der Waals surface area contributed by atoms with Crippen LogP contribution in [0.2, 0.25) is 0 Å². The third-order valence-corrected chi connectivity index (χ3v) is 6.51. The van der Waals surface area contributed by atoms with E-state index in [4.69, 9.17) is 5.26 Å². The molecule has 1 saturated heterocycles. The first-order valence-electron chi connectivity index (χ1n) is 8.76. The molecule has 0 atom stereocenters. The third kappa shape index (κ3) is 5.14. The van der Waals surface area contributed by atoms with E-state index in [0.29, 0.717) is 18.9 Å². The zero-order chi connectivity index (χ0) is 20.3. The number of rotatable bonds is 6. The van der Waals surface area contributed by atoms with Gasteiger partial charge in [-0.25, -0.2) is 0 Å². The number of nitrogens with one attached hydrogen (secondary N) is 1. The fourth-order valence-electron chi connectivity index (χ4n) is 3.48. The lowest BCUT2D eigenvalue weighted by atomic mass is 9.68. The van der Waals surface area contributed by atoms with Crippen LogP contribution < -0.4 is 4.72 Å². The second kappa shape index (κ2) is 8.07. The van der Waals surface area contributed by atoms with Gasteiger partial charge in [-0.2, -0.15) is 26.9 Å². The number of piperidine rings is 1. The molecule has 9 heteroatoms. The van der Waals surface area contributed by atoms with Crippen LogP contribution in [0.4, 0.5) is 18.9 Å². The molecular weight excluding hydrogens is 379 g/mol. The summed E-state index contributed by atoms with van der Waals surface area (Å²) in [5.41, 5.74) is -4.72. The minimum atomic E-state index is -5.43. The molecule has 1 N–H and O–H groups in total. The Morgan fingerprint density at radius 2 is 1.93 bits per heavy atom. The molecule has 2 rings (SSSR count). The largest absolute Gasteiger partial charge is 0.516 e. The Balaban J connectivity index is 2.03. The zero-order valence-electron chi connectivity index (χ0n) is 15.4. The van der Waals surface area contributed by atoms with Crippen LogP contribution in [0, 0.1) is 22.7 Å². The van der Waals surface area contributed by atoms with Crippen molar-refractivity contribution in [3.63, 3.8) is 0 Å². The molecule has 1 aliphatic heterocycles. The summed E-state index contributed by atoms with van der Waals surface area (Å²) in [6, 6.07) is 8.29. The summed E-state index contributed by atoms with van der Waals surface area (Å²) in [4.78, 5) is 2.18. The standard InChI is InChI=1S/C18H24F3N3O2S/c1-14(2)17(6-9-22)7-10-24(11-8-17)13-15-4-3-5-16(12-15)23-27(25,26)18(19,20)21/h3-5,12,14,23H,6-8,10-11,13H2,1-2H3. The summed E-state index contributed by atoms with van der Waals surface area (Å²) in [5.74, 6) is 0.402. The van der Waals surface area contributed by atoms with Gasteiger partial charge in [-0.3, -0.25) is 9.62 Å². The van der Waals surface area contributed by atoms with E-state index in [1.165, 1.54) is 18.2 Å². The van der Waals surface area contributed by atoms with Crippen LogP contribution in [0.5, 0.6) is 0 Å². The normalized spacial score (nSPS) is 18.3. The molecule has 0 bridgehead atoms. The van der Waals surface area contributed by atoms with E-state index in [1.54, 1.807) is 10.8 Å². The van der Waals surface area contributed by atoms with Gasteiger partial charge in [-0.05, 0) is 55.0 Å². The van der Waals surface area contributed by atoms with Gasteiger partial charge in [0.05, 0.1) is 6.07 Å². The highest BCUT2D eigenvalue weighted by molar-refractivity contribution is 7.93. The van der Waals surface area contributed by atoms with Crippen LogP contribution in [-0.2, 0) is 16.6 Å². The molecule has 0 spiro atoms. The van der Waals surface area contributed by atoms with E-state index in [9.17, 15) is 21.6 Å². The quantitative estimate of drug-likeness (QED) is 0.776. The minimum absolute atomic E-state index is 0.00937. The average Bonchev–Trinajstić information content (AvgIpc) is 2.56. The van der Waals surface area contributed by atoms with E-state index < -0.39 is 15.5 Å². The van der Waals surface area contributed by atoms with Gasteiger partial charge >= 0.3 is 15.5 Å². The van der Waals surface area contributed by atoms with Crippen LogP contribution in [0.1, 0.15) is 38.7 Å². The zero-order valence-corrected chi connectivity index (χ0v) is 16.2. The fraction of sp³-hybridized carbons (Fsp3) is 0.611. The Hall–Kier alpha value is -1.79. The first kappa shape index (κ1) is 21.5. The maximum absolute atomic E-state index is 12.5. The van der Waals surface area contributed by atoms with E-state index >= 15 is 0 Å². The number of likely N-dealkylation sites (tertiary alicyclic amines) is 1. The van der Waals surface area contributed by atoms with Gasteiger partial charge in [-0.15, -0.1) is 0 Å². The Labute approximate surface area is 158 Å². The highest BCUT2D eigenvalue weighted by Crippen LogP contribution is 2.41. The monoisotopic (exact) mass is 403 g/mol. The van der Waals surface area contributed by atoms with Crippen molar-refractivity contribution < 1.29 is 21.6 Å². The number of nitriles is 1. The molecule has 1 aromatic carbocycles. The maximum atomic E-state index is 12.5. The van der Waals surface area contributed by atoms with E-state index in [1.807, 2.05) is 0 Å². The van der Waals surface area contributed by atoms with Crippen molar-refractivity contribution in [2.45, 2.75) is 45.2 Å². The Morgan fingerprint density at radius 1 is 1.30 bits per heavy atom. The SMILES string of the molecule is CC(C)C1(CC#N)CCN(Cc2cccc(NS(=O)(=O)C(F)(F)F)c2)CC1. The summed E-state index contributed by atoms with van der Waals surface area (Å²) >= 11 is 0. The number of halogens is 3. The minimum Gasteiger partial charge on any atom is -0.299 e. The smallest absolute Gasteiger partial charge is 0.299 e. The summed E-state index contributed by atoms with van der Waals surface area (Å²) < 4.78 is 61.6. The topological polar surface area (TPSA) is 73.2 Å². The van der Waals surface area contributed by atoms with Crippen molar-refractivity contribution in [3.8, 4) is 6.07 Å². The van der Waals surface area contributed by atoms with Gasteiger partial charge in [0.2, 0.25) is 0 Å². The summed E-state index contributed by atoms with van der Waals surface area (Å²) in [6.07, 6.45) is 2.30. The Bertz CT molecular complexity index is 793. The van der Waals surface area contributed by atoms with Crippen LogP contribution in [0.15, 0.2) is 24.3 Å². The molecule has 27 heavy (non-hydrogen) atoms. The molecule has 150 valence electrons. The van der Waals surface area contributed by atoms with Crippen molar-refractivity contribution in [2.24, 2.45) is 11.3 Å². The van der Waals surface area contributed by atoms with Gasteiger partial charge in [-0.1, -0.05) is 26.0 Å². The van der Waals surface area contributed by atoms with Gasteiger partial charge in [0.25, 0.3) is 0 Å². The molecular formula is C18H24F3N3O2S. The Morgan fingerprint density at radius 3 is 2.44 bits per heavy atom. The molecule has 0 aliphatic carbocycles. The van der Waals surface area contributed by atoms with Crippen LogP contribution in [0.25, 0.3) is 0 Å².